The quantitative estimate of drug-likeness (QED) is 0.941. The van der Waals surface area contributed by atoms with Gasteiger partial charge in [-0.15, -0.1) is 0 Å². The Labute approximate surface area is 122 Å². The van der Waals surface area contributed by atoms with E-state index in [-0.39, 0.29) is 10.8 Å². The molecule has 108 valence electrons. The van der Waals surface area contributed by atoms with Crippen molar-refractivity contribution in [1.82, 2.24) is 19.5 Å². The number of hydrogen-bond donors (Lipinski definition) is 1. The molecule has 2 rings (SSSR count). The van der Waals surface area contributed by atoms with Crippen LogP contribution >= 0.6 is 0 Å². The molecular formula is C14H20N4OS. The fourth-order valence-electron chi connectivity index (χ4n) is 1.60. The van der Waals surface area contributed by atoms with E-state index >= 15 is 0 Å². The monoisotopic (exact) mass is 292 g/mol. The van der Waals surface area contributed by atoms with Crippen molar-refractivity contribution in [3.05, 3.63) is 42.4 Å². The minimum atomic E-state index is -1.10. The first-order valence-corrected chi connectivity index (χ1v) is 7.67. The molecule has 1 N–H and O–H groups in total. The maximum absolute atomic E-state index is 12.1. The summed E-state index contributed by atoms with van der Waals surface area (Å²) in [5.41, 5.74) is 0.999. The van der Waals surface area contributed by atoms with E-state index in [1.54, 1.807) is 17.1 Å². The van der Waals surface area contributed by atoms with E-state index < -0.39 is 11.0 Å². The number of aromatic nitrogens is 3. The molecule has 2 heterocycles. The van der Waals surface area contributed by atoms with E-state index in [1.165, 1.54) is 0 Å². The Balaban J connectivity index is 2.08. The van der Waals surface area contributed by atoms with Gasteiger partial charge in [0.1, 0.15) is 0 Å². The average molecular weight is 292 g/mol. The zero-order valence-electron chi connectivity index (χ0n) is 12.2. The van der Waals surface area contributed by atoms with Crippen molar-refractivity contribution in [3.63, 3.8) is 0 Å². The lowest BCUT2D eigenvalue weighted by Gasteiger charge is -2.22. The van der Waals surface area contributed by atoms with Crippen molar-refractivity contribution >= 4 is 11.0 Å². The summed E-state index contributed by atoms with van der Waals surface area (Å²) in [5.74, 6) is 0.767. The van der Waals surface area contributed by atoms with E-state index in [9.17, 15) is 4.21 Å². The Morgan fingerprint density at radius 2 is 2.10 bits per heavy atom. The van der Waals surface area contributed by atoms with Gasteiger partial charge in [-0.1, -0.05) is 6.07 Å². The molecule has 0 fully saturated rings. The highest BCUT2D eigenvalue weighted by Crippen LogP contribution is 2.17. The summed E-state index contributed by atoms with van der Waals surface area (Å²) in [4.78, 5) is 4.37. The smallest absolute Gasteiger partial charge is 0.153 e. The molecule has 20 heavy (non-hydrogen) atoms. The second-order valence-electron chi connectivity index (χ2n) is 5.62. The molecule has 0 aromatic carbocycles. The standard InChI is InChI=1S/C14H20N4OS/c1-11(17-20(19)14(2,3)4)12-6-7-13(15-10-12)18-9-5-8-16-18/h5-11,17H,1-4H3/t11-,20?/m0/s1. The number of nitrogens with one attached hydrogen (secondary N) is 1. The largest absolute Gasteiger partial charge is 0.242 e. The van der Waals surface area contributed by atoms with Gasteiger partial charge in [0, 0.05) is 24.6 Å². The van der Waals surface area contributed by atoms with Crippen molar-refractivity contribution < 1.29 is 4.21 Å². The summed E-state index contributed by atoms with van der Waals surface area (Å²) < 4.78 is 16.6. The van der Waals surface area contributed by atoms with Crippen molar-refractivity contribution in [2.45, 2.75) is 38.5 Å². The molecule has 6 heteroatoms. The molecule has 2 aromatic heterocycles. The summed E-state index contributed by atoms with van der Waals surface area (Å²) in [6.07, 6.45) is 5.35. The van der Waals surface area contributed by atoms with Crippen molar-refractivity contribution in [3.8, 4) is 5.82 Å². The number of hydrogen-bond acceptors (Lipinski definition) is 3. The fourth-order valence-corrected chi connectivity index (χ4v) is 2.41. The zero-order chi connectivity index (χ0) is 14.8. The van der Waals surface area contributed by atoms with Crippen LogP contribution in [-0.4, -0.2) is 23.7 Å². The van der Waals surface area contributed by atoms with Crippen molar-refractivity contribution in [1.29, 1.82) is 0 Å². The van der Waals surface area contributed by atoms with Gasteiger partial charge in [0.05, 0.1) is 15.7 Å². The minimum absolute atomic E-state index is 0.0192. The molecule has 0 amide bonds. The van der Waals surface area contributed by atoms with Gasteiger partial charge >= 0.3 is 0 Å². The minimum Gasteiger partial charge on any atom is -0.242 e. The van der Waals surface area contributed by atoms with Gasteiger partial charge in [0.2, 0.25) is 0 Å². The van der Waals surface area contributed by atoms with Crippen LogP contribution in [0.4, 0.5) is 0 Å². The van der Waals surface area contributed by atoms with E-state index in [4.69, 9.17) is 0 Å². The Morgan fingerprint density at radius 3 is 2.60 bits per heavy atom. The molecule has 0 radical (unpaired) electrons. The second kappa shape index (κ2) is 5.85. The van der Waals surface area contributed by atoms with E-state index in [2.05, 4.69) is 14.8 Å². The van der Waals surface area contributed by atoms with Crippen LogP contribution in [0, 0.1) is 0 Å². The number of nitrogens with zero attached hydrogens (tertiary/aromatic N) is 3. The third kappa shape index (κ3) is 3.52. The topological polar surface area (TPSA) is 59.8 Å². The van der Waals surface area contributed by atoms with E-state index in [0.29, 0.717) is 0 Å². The van der Waals surface area contributed by atoms with Crippen LogP contribution in [0.3, 0.4) is 0 Å². The van der Waals surface area contributed by atoms with Crippen LogP contribution in [0.5, 0.6) is 0 Å². The van der Waals surface area contributed by atoms with Gasteiger partial charge in [0.15, 0.2) is 5.82 Å². The summed E-state index contributed by atoms with van der Waals surface area (Å²) in [6.45, 7) is 7.82. The Morgan fingerprint density at radius 1 is 1.35 bits per heavy atom. The summed E-state index contributed by atoms with van der Waals surface area (Å²) in [6, 6.07) is 5.71. The van der Waals surface area contributed by atoms with Gasteiger partial charge in [-0.2, -0.15) is 5.10 Å². The highest BCUT2D eigenvalue weighted by atomic mass is 32.2. The lowest BCUT2D eigenvalue weighted by molar-refractivity contribution is 0.615. The number of pyridine rings is 1. The molecule has 0 aliphatic carbocycles. The molecular weight excluding hydrogens is 272 g/mol. The molecule has 0 bridgehead atoms. The van der Waals surface area contributed by atoms with E-state index in [0.717, 1.165) is 11.4 Å². The molecule has 2 aromatic rings. The fraction of sp³-hybridized carbons (Fsp3) is 0.429. The molecule has 0 spiro atoms. The van der Waals surface area contributed by atoms with Gasteiger partial charge in [-0.3, -0.25) is 0 Å². The number of rotatable bonds is 4. The van der Waals surface area contributed by atoms with Crippen molar-refractivity contribution in [2.24, 2.45) is 0 Å². The predicted octanol–water partition coefficient (Wildman–Crippen LogP) is 2.38. The van der Waals surface area contributed by atoms with Crippen LogP contribution in [0.15, 0.2) is 36.8 Å². The first-order valence-electron chi connectivity index (χ1n) is 6.52. The molecule has 0 aliphatic rings. The third-order valence-electron chi connectivity index (χ3n) is 2.85. The van der Waals surface area contributed by atoms with Crippen molar-refractivity contribution in [2.75, 3.05) is 0 Å². The van der Waals surface area contributed by atoms with Gasteiger partial charge < -0.3 is 0 Å². The summed E-state index contributed by atoms with van der Waals surface area (Å²) in [7, 11) is -1.10. The Bertz CT molecular complexity index is 572. The van der Waals surface area contributed by atoms with E-state index in [1.807, 2.05) is 52.1 Å². The lowest BCUT2D eigenvalue weighted by atomic mass is 10.1. The summed E-state index contributed by atoms with van der Waals surface area (Å²) in [5, 5.41) is 4.13. The first-order chi connectivity index (χ1) is 9.38. The molecule has 0 aliphatic heterocycles. The molecule has 0 saturated heterocycles. The molecule has 0 saturated carbocycles. The maximum Gasteiger partial charge on any atom is 0.153 e. The molecule has 2 atom stereocenters. The van der Waals surface area contributed by atoms with Crippen LogP contribution in [-0.2, 0) is 11.0 Å². The third-order valence-corrected chi connectivity index (χ3v) is 4.53. The normalized spacial score (nSPS) is 15.0. The predicted molar refractivity (Wildman–Crippen MR) is 80.8 cm³/mol. The van der Waals surface area contributed by atoms with Crippen LogP contribution in [0.25, 0.3) is 5.82 Å². The van der Waals surface area contributed by atoms with Gasteiger partial charge in [-0.05, 0) is 45.4 Å². The Hall–Kier alpha value is -1.53. The first kappa shape index (κ1) is 14.9. The lowest BCUT2D eigenvalue weighted by Crippen LogP contribution is -2.34. The van der Waals surface area contributed by atoms with Gasteiger partial charge in [0.25, 0.3) is 0 Å². The SMILES string of the molecule is C[C@H](NS(=O)C(C)(C)C)c1ccc(-n2cccn2)nc1. The second-order valence-corrected chi connectivity index (χ2v) is 7.62. The molecule has 1 unspecified atom stereocenters. The van der Waals surface area contributed by atoms with Gasteiger partial charge in [-0.25, -0.2) is 18.6 Å². The summed E-state index contributed by atoms with van der Waals surface area (Å²) >= 11 is 0. The Kier molecular flexibility index (Phi) is 4.35. The maximum atomic E-state index is 12.1. The zero-order valence-corrected chi connectivity index (χ0v) is 13.0. The molecule has 5 nitrogen and oxygen atoms in total. The highest BCUT2D eigenvalue weighted by molar-refractivity contribution is 7.84. The van der Waals surface area contributed by atoms with Crippen LogP contribution in [0.1, 0.15) is 39.3 Å². The highest BCUT2D eigenvalue weighted by Gasteiger charge is 2.21. The van der Waals surface area contributed by atoms with Crippen LogP contribution in [0.2, 0.25) is 0 Å². The average Bonchev–Trinajstić information content (AvgIpc) is 2.91. The van der Waals surface area contributed by atoms with Crippen LogP contribution < -0.4 is 4.72 Å².